The average Bonchev–Trinajstić information content (AvgIpc) is 2.90. The third kappa shape index (κ3) is 2.63. The highest BCUT2D eigenvalue weighted by Crippen LogP contribution is 2.20. The predicted molar refractivity (Wildman–Crippen MR) is 61.1 cm³/mol. The molecule has 17 heavy (non-hydrogen) atoms. The number of rotatable bonds is 4. The van der Waals surface area contributed by atoms with Gasteiger partial charge in [0.2, 0.25) is 0 Å². The molecule has 0 radical (unpaired) electrons. The lowest BCUT2D eigenvalue weighted by Gasteiger charge is -2.21. The molecule has 6 nitrogen and oxygen atoms in total. The summed E-state index contributed by atoms with van der Waals surface area (Å²) < 4.78 is 6.82. The fourth-order valence-electron chi connectivity index (χ4n) is 2.17. The molecule has 0 amide bonds. The first-order valence-electron chi connectivity index (χ1n) is 5.96. The van der Waals surface area contributed by atoms with Gasteiger partial charge in [-0.05, 0) is 26.3 Å². The first-order valence-corrected chi connectivity index (χ1v) is 5.96. The van der Waals surface area contributed by atoms with Crippen LogP contribution in [0.1, 0.15) is 25.6 Å². The van der Waals surface area contributed by atoms with E-state index in [1.165, 1.54) is 6.33 Å². The van der Waals surface area contributed by atoms with Crippen molar-refractivity contribution < 1.29 is 9.53 Å². The van der Waals surface area contributed by atoms with E-state index in [-0.39, 0.29) is 12.0 Å². The second-order valence-corrected chi connectivity index (χ2v) is 4.18. The van der Waals surface area contributed by atoms with E-state index in [2.05, 4.69) is 15.0 Å². The van der Waals surface area contributed by atoms with Crippen molar-refractivity contribution in [3.8, 4) is 0 Å². The van der Waals surface area contributed by atoms with Crippen molar-refractivity contribution in [1.82, 2.24) is 19.7 Å². The van der Waals surface area contributed by atoms with Crippen molar-refractivity contribution in [2.24, 2.45) is 7.05 Å². The molecule has 1 fully saturated rings. The maximum atomic E-state index is 11.8. The number of likely N-dealkylation sites (tertiary alicyclic amines) is 1. The standard InChI is InChI=1S/C11H18N4O2/c1-3-17-11(16)9-5-4-6-15(9)7-10-12-8-13-14(10)2/h8-9H,3-7H2,1-2H3. The van der Waals surface area contributed by atoms with Gasteiger partial charge in [-0.2, -0.15) is 5.10 Å². The third-order valence-electron chi connectivity index (χ3n) is 3.07. The van der Waals surface area contributed by atoms with Crippen LogP contribution in [0.2, 0.25) is 0 Å². The maximum absolute atomic E-state index is 11.8. The third-order valence-corrected chi connectivity index (χ3v) is 3.07. The SMILES string of the molecule is CCOC(=O)C1CCCN1Cc1ncnn1C. The highest BCUT2D eigenvalue weighted by Gasteiger charge is 2.32. The Morgan fingerprint density at radius 1 is 1.65 bits per heavy atom. The molecule has 1 unspecified atom stereocenters. The molecule has 1 aliphatic rings. The second kappa shape index (κ2) is 5.27. The van der Waals surface area contributed by atoms with Crippen LogP contribution in [0.25, 0.3) is 0 Å². The lowest BCUT2D eigenvalue weighted by atomic mass is 10.2. The zero-order chi connectivity index (χ0) is 12.3. The van der Waals surface area contributed by atoms with Crippen molar-refractivity contribution in [2.45, 2.75) is 32.4 Å². The summed E-state index contributed by atoms with van der Waals surface area (Å²) in [5.41, 5.74) is 0. The Morgan fingerprint density at radius 3 is 3.12 bits per heavy atom. The van der Waals surface area contributed by atoms with Crippen LogP contribution in [-0.4, -0.2) is 44.8 Å². The van der Waals surface area contributed by atoms with E-state index in [0.717, 1.165) is 25.2 Å². The van der Waals surface area contributed by atoms with Crippen molar-refractivity contribution in [2.75, 3.05) is 13.2 Å². The number of ether oxygens (including phenoxy) is 1. The lowest BCUT2D eigenvalue weighted by Crippen LogP contribution is -2.37. The summed E-state index contributed by atoms with van der Waals surface area (Å²) in [4.78, 5) is 18.1. The summed E-state index contributed by atoms with van der Waals surface area (Å²) in [6, 6.07) is -0.119. The van der Waals surface area contributed by atoms with Crippen LogP contribution >= 0.6 is 0 Å². The largest absolute Gasteiger partial charge is 0.465 e. The van der Waals surface area contributed by atoms with Crippen molar-refractivity contribution in [3.05, 3.63) is 12.2 Å². The van der Waals surface area contributed by atoms with Crippen LogP contribution < -0.4 is 0 Å². The molecule has 1 aromatic rings. The van der Waals surface area contributed by atoms with Crippen LogP contribution in [0.15, 0.2) is 6.33 Å². The molecule has 1 atom stereocenters. The van der Waals surface area contributed by atoms with Crippen LogP contribution in [0.3, 0.4) is 0 Å². The van der Waals surface area contributed by atoms with E-state index in [9.17, 15) is 4.79 Å². The van der Waals surface area contributed by atoms with Gasteiger partial charge in [-0.3, -0.25) is 14.4 Å². The highest BCUT2D eigenvalue weighted by molar-refractivity contribution is 5.76. The Kier molecular flexibility index (Phi) is 3.73. The quantitative estimate of drug-likeness (QED) is 0.708. The highest BCUT2D eigenvalue weighted by atomic mass is 16.5. The summed E-state index contributed by atoms with van der Waals surface area (Å²) in [6.45, 7) is 3.84. The van der Waals surface area contributed by atoms with Gasteiger partial charge in [-0.25, -0.2) is 4.98 Å². The molecule has 0 aromatic carbocycles. The Balaban J connectivity index is 2.00. The Hall–Kier alpha value is -1.43. The molecule has 0 spiro atoms. The molecule has 0 saturated carbocycles. The average molecular weight is 238 g/mol. The Labute approximate surface area is 101 Å². The summed E-state index contributed by atoms with van der Waals surface area (Å²) in [7, 11) is 1.86. The van der Waals surface area contributed by atoms with Crippen LogP contribution in [0.4, 0.5) is 0 Å². The lowest BCUT2D eigenvalue weighted by molar-refractivity contribution is -0.148. The molecule has 1 aliphatic heterocycles. The van der Waals surface area contributed by atoms with E-state index in [0.29, 0.717) is 13.2 Å². The second-order valence-electron chi connectivity index (χ2n) is 4.18. The Morgan fingerprint density at radius 2 is 2.47 bits per heavy atom. The van der Waals surface area contributed by atoms with Gasteiger partial charge in [-0.1, -0.05) is 0 Å². The zero-order valence-corrected chi connectivity index (χ0v) is 10.3. The number of esters is 1. The maximum Gasteiger partial charge on any atom is 0.323 e. The molecular weight excluding hydrogens is 220 g/mol. The zero-order valence-electron chi connectivity index (χ0n) is 10.3. The Bertz CT molecular complexity index is 391. The van der Waals surface area contributed by atoms with E-state index >= 15 is 0 Å². The summed E-state index contributed by atoms with van der Waals surface area (Å²) >= 11 is 0. The summed E-state index contributed by atoms with van der Waals surface area (Å²) in [5.74, 6) is 0.758. The van der Waals surface area contributed by atoms with Gasteiger partial charge >= 0.3 is 5.97 Å². The number of hydrogen-bond donors (Lipinski definition) is 0. The monoisotopic (exact) mass is 238 g/mol. The van der Waals surface area contributed by atoms with Crippen LogP contribution in [-0.2, 0) is 23.1 Å². The molecule has 0 aliphatic carbocycles. The van der Waals surface area contributed by atoms with Gasteiger partial charge in [0.1, 0.15) is 18.2 Å². The minimum atomic E-state index is -0.119. The molecule has 2 heterocycles. The summed E-state index contributed by atoms with van der Waals surface area (Å²) in [6.07, 6.45) is 3.43. The van der Waals surface area contributed by atoms with Gasteiger partial charge < -0.3 is 4.74 Å². The molecule has 2 rings (SSSR count). The van der Waals surface area contributed by atoms with Crippen molar-refractivity contribution in [3.63, 3.8) is 0 Å². The van der Waals surface area contributed by atoms with Crippen molar-refractivity contribution in [1.29, 1.82) is 0 Å². The summed E-state index contributed by atoms with van der Waals surface area (Å²) in [5, 5.41) is 4.03. The fourth-order valence-corrected chi connectivity index (χ4v) is 2.17. The molecule has 1 aromatic heterocycles. The van der Waals surface area contributed by atoms with Crippen LogP contribution in [0.5, 0.6) is 0 Å². The number of carbonyl (C=O) groups is 1. The first kappa shape index (κ1) is 12.0. The van der Waals surface area contributed by atoms with E-state index in [1.54, 1.807) is 4.68 Å². The van der Waals surface area contributed by atoms with E-state index in [1.807, 2.05) is 14.0 Å². The van der Waals surface area contributed by atoms with Gasteiger partial charge in [0.25, 0.3) is 0 Å². The van der Waals surface area contributed by atoms with E-state index in [4.69, 9.17) is 4.74 Å². The van der Waals surface area contributed by atoms with E-state index < -0.39 is 0 Å². The molecule has 94 valence electrons. The molecule has 0 bridgehead atoms. The number of aryl methyl sites for hydroxylation is 1. The smallest absolute Gasteiger partial charge is 0.323 e. The molecular formula is C11H18N4O2. The number of nitrogens with zero attached hydrogens (tertiary/aromatic N) is 4. The number of hydrogen-bond acceptors (Lipinski definition) is 5. The first-order chi connectivity index (χ1) is 8.22. The molecule has 1 saturated heterocycles. The molecule has 6 heteroatoms. The molecule has 0 N–H and O–H groups in total. The van der Waals surface area contributed by atoms with Gasteiger partial charge in [0, 0.05) is 7.05 Å². The van der Waals surface area contributed by atoms with Gasteiger partial charge in [0.15, 0.2) is 0 Å². The van der Waals surface area contributed by atoms with Crippen molar-refractivity contribution >= 4 is 5.97 Å². The number of carbonyl (C=O) groups excluding carboxylic acids is 1. The van der Waals surface area contributed by atoms with Gasteiger partial charge in [0.05, 0.1) is 13.2 Å². The normalized spacial score (nSPS) is 20.7. The minimum absolute atomic E-state index is 0.118. The fraction of sp³-hybridized carbons (Fsp3) is 0.727. The van der Waals surface area contributed by atoms with Gasteiger partial charge in [-0.15, -0.1) is 0 Å². The topological polar surface area (TPSA) is 60.2 Å². The predicted octanol–water partition coefficient (Wildman–Crippen LogP) is 0.343. The minimum Gasteiger partial charge on any atom is -0.465 e. The number of aromatic nitrogens is 3. The van der Waals surface area contributed by atoms with Crippen LogP contribution in [0, 0.1) is 0 Å².